The third-order valence-corrected chi connectivity index (χ3v) is 6.63. The van der Waals surface area contributed by atoms with Gasteiger partial charge in [-0.1, -0.05) is 96.4 Å². The van der Waals surface area contributed by atoms with Gasteiger partial charge in [0.15, 0.2) is 0 Å². The van der Waals surface area contributed by atoms with Gasteiger partial charge < -0.3 is 9.47 Å². The molecule has 4 heteroatoms. The highest BCUT2D eigenvalue weighted by molar-refractivity contribution is 5.85. The maximum Gasteiger partial charge on any atom is 0.313 e. The van der Waals surface area contributed by atoms with Gasteiger partial charge in [-0.15, -0.1) is 0 Å². The minimum atomic E-state index is -0.996. The molecule has 4 nitrogen and oxygen atoms in total. The molecule has 1 atom stereocenters. The normalized spacial score (nSPS) is 15.7. The average Bonchev–Trinajstić information content (AvgIpc) is 2.53. The van der Waals surface area contributed by atoms with E-state index < -0.39 is 16.2 Å². The van der Waals surface area contributed by atoms with Crippen molar-refractivity contribution in [3.8, 4) is 0 Å². The molecule has 0 aromatic carbocycles. The molecular weight excluding hydrogens is 376 g/mol. The summed E-state index contributed by atoms with van der Waals surface area (Å²) >= 11 is 0. The van der Waals surface area contributed by atoms with E-state index in [0.29, 0.717) is 13.2 Å². The van der Waals surface area contributed by atoms with Crippen molar-refractivity contribution in [2.45, 2.75) is 109 Å². The minimum Gasteiger partial charge on any atom is -0.465 e. The second kappa shape index (κ2) is 10.0. The highest BCUT2D eigenvalue weighted by Crippen LogP contribution is 2.60. The fourth-order valence-electron chi connectivity index (χ4n) is 4.25. The van der Waals surface area contributed by atoms with Crippen LogP contribution in [0.2, 0.25) is 0 Å². The number of rotatable bonds is 10. The van der Waals surface area contributed by atoms with Crippen LogP contribution in [0, 0.1) is 33.0 Å². The van der Waals surface area contributed by atoms with Crippen LogP contribution in [-0.4, -0.2) is 25.2 Å². The fourth-order valence-corrected chi connectivity index (χ4v) is 4.25. The molecule has 0 spiro atoms. The average molecular weight is 427 g/mol. The summed E-state index contributed by atoms with van der Waals surface area (Å²) in [6.45, 7) is 27.7. The van der Waals surface area contributed by atoms with E-state index in [2.05, 4.69) is 48.5 Å². The predicted molar refractivity (Wildman–Crippen MR) is 125 cm³/mol. The molecule has 0 fully saturated rings. The van der Waals surface area contributed by atoms with Crippen LogP contribution in [0.1, 0.15) is 109 Å². The molecular formula is C26H50O4. The van der Waals surface area contributed by atoms with Gasteiger partial charge >= 0.3 is 11.9 Å². The summed E-state index contributed by atoms with van der Waals surface area (Å²) in [6.07, 6.45) is 1.77. The van der Waals surface area contributed by atoms with Crippen LogP contribution >= 0.6 is 0 Å². The molecule has 0 radical (unpaired) electrons. The topological polar surface area (TPSA) is 52.6 Å². The maximum atomic E-state index is 13.9. The van der Waals surface area contributed by atoms with Crippen molar-refractivity contribution in [2.75, 3.05) is 13.2 Å². The van der Waals surface area contributed by atoms with E-state index in [-0.39, 0.29) is 35.1 Å². The number of carbonyl (C=O) groups excluding carboxylic acids is 2. The van der Waals surface area contributed by atoms with Gasteiger partial charge in [-0.3, -0.25) is 9.59 Å². The lowest BCUT2D eigenvalue weighted by atomic mass is 9.47. The summed E-state index contributed by atoms with van der Waals surface area (Å²) in [4.78, 5) is 27.0. The predicted octanol–water partition coefficient (Wildman–Crippen LogP) is 7.05. The van der Waals surface area contributed by atoms with Gasteiger partial charge in [0.25, 0.3) is 0 Å². The first-order valence-electron chi connectivity index (χ1n) is 11.6. The number of carbonyl (C=O) groups is 2. The molecule has 0 bridgehead atoms. The van der Waals surface area contributed by atoms with Crippen LogP contribution in [-0.2, 0) is 19.1 Å². The van der Waals surface area contributed by atoms with Gasteiger partial charge in [0.1, 0.15) is 0 Å². The van der Waals surface area contributed by atoms with E-state index in [1.165, 1.54) is 0 Å². The van der Waals surface area contributed by atoms with Crippen LogP contribution in [0.25, 0.3) is 0 Å². The van der Waals surface area contributed by atoms with Gasteiger partial charge in [-0.2, -0.15) is 0 Å². The third-order valence-electron chi connectivity index (χ3n) is 6.63. The highest BCUT2D eigenvalue weighted by atomic mass is 16.5. The molecule has 0 amide bonds. The Hall–Kier alpha value is -1.06. The summed E-state index contributed by atoms with van der Waals surface area (Å²) < 4.78 is 11.6. The fraction of sp³-hybridized carbons (Fsp3) is 0.923. The monoisotopic (exact) mass is 426 g/mol. The zero-order chi connectivity index (χ0) is 24.2. The molecule has 178 valence electrons. The van der Waals surface area contributed by atoms with E-state index >= 15 is 0 Å². The summed E-state index contributed by atoms with van der Waals surface area (Å²) in [6, 6.07) is 0. The molecule has 30 heavy (non-hydrogen) atoms. The third kappa shape index (κ3) is 7.27. The highest BCUT2D eigenvalue weighted by Gasteiger charge is 2.62. The van der Waals surface area contributed by atoms with Crippen molar-refractivity contribution in [1.82, 2.24) is 0 Å². The first-order valence-corrected chi connectivity index (χ1v) is 11.6. The quantitative estimate of drug-likeness (QED) is 0.351. The first kappa shape index (κ1) is 28.9. The van der Waals surface area contributed by atoms with E-state index in [1.54, 1.807) is 0 Å². The lowest BCUT2D eigenvalue weighted by Crippen LogP contribution is -2.58. The zero-order valence-electron chi connectivity index (χ0n) is 22.2. The molecule has 0 aliphatic rings. The molecule has 0 aliphatic carbocycles. The zero-order valence-corrected chi connectivity index (χ0v) is 22.2. The Bertz CT molecular complexity index is 573. The van der Waals surface area contributed by atoms with Crippen molar-refractivity contribution in [3.05, 3.63) is 0 Å². The minimum absolute atomic E-state index is 0.0320. The first-order chi connectivity index (χ1) is 13.2. The van der Waals surface area contributed by atoms with Gasteiger partial charge in [-0.05, 0) is 34.0 Å². The molecule has 0 saturated heterocycles. The second-order valence-electron chi connectivity index (χ2n) is 13.0. The number of hydrogen-bond donors (Lipinski definition) is 0. The van der Waals surface area contributed by atoms with Crippen LogP contribution in [0.3, 0.4) is 0 Å². The van der Waals surface area contributed by atoms with Gasteiger partial charge in [0, 0.05) is 0 Å². The molecule has 0 aromatic heterocycles. The molecule has 0 rings (SSSR count). The second-order valence-corrected chi connectivity index (χ2v) is 13.0. The van der Waals surface area contributed by atoms with Gasteiger partial charge in [-0.25, -0.2) is 0 Å². The summed E-state index contributed by atoms with van der Waals surface area (Å²) in [5.41, 5.74) is -2.18. The van der Waals surface area contributed by atoms with Crippen molar-refractivity contribution < 1.29 is 19.1 Å². The SMILES string of the molecule is CCCC(C)(C)C(CC(=O)OCC(C)(C)C)(C(=O)OCC(C)(C)C)C(C)(C)C(C)C. The molecule has 0 saturated carbocycles. The van der Waals surface area contributed by atoms with Crippen LogP contribution < -0.4 is 0 Å². The largest absolute Gasteiger partial charge is 0.465 e. The Labute approximate surface area is 186 Å². The van der Waals surface area contributed by atoms with Crippen LogP contribution in [0.5, 0.6) is 0 Å². The standard InChI is InChI=1S/C26H50O4/c1-14-15-24(10,11)26(25(12,13)19(2)3,21(28)30-18-23(7,8)9)16-20(27)29-17-22(4,5)6/h19H,14-18H2,1-13H3. The Morgan fingerprint density at radius 2 is 1.20 bits per heavy atom. The molecule has 0 heterocycles. The van der Waals surface area contributed by atoms with Gasteiger partial charge in [0.05, 0.1) is 25.0 Å². The van der Waals surface area contributed by atoms with Crippen molar-refractivity contribution >= 4 is 11.9 Å². The molecule has 0 aromatic rings. The molecule has 1 unspecified atom stereocenters. The van der Waals surface area contributed by atoms with E-state index in [4.69, 9.17) is 9.47 Å². The Morgan fingerprint density at radius 3 is 1.57 bits per heavy atom. The lowest BCUT2D eigenvalue weighted by molar-refractivity contribution is -0.194. The van der Waals surface area contributed by atoms with Crippen molar-refractivity contribution in [2.24, 2.45) is 33.0 Å². The summed E-state index contributed by atoms with van der Waals surface area (Å²) in [5, 5.41) is 0. The van der Waals surface area contributed by atoms with E-state index in [1.807, 2.05) is 41.5 Å². The van der Waals surface area contributed by atoms with E-state index in [9.17, 15) is 9.59 Å². The Morgan fingerprint density at radius 1 is 0.767 bits per heavy atom. The lowest BCUT2D eigenvalue weighted by Gasteiger charge is -2.55. The summed E-state index contributed by atoms with van der Waals surface area (Å²) in [7, 11) is 0. The van der Waals surface area contributed by atoms with Gasteiger partial charge in [0.2, 0.25) is 0 Å². The summed E-state index contributed by atoms with van der Waals surface area (Å²) in [5.74, 6) is -0.427. The molecule has 0 N–H and O–H groups in total. The van der Waals surface area contributed by atoms with Crippen LogP contribution in [0.4, 0.5) is 0 Å². The number of hydrogen-bond acceptors (Lipinski definition) is 4. The Kier molecular flexibility index (Phi) is 9.69. The maximum absolute atomic E-state index is 13.9. The van der Waals surface area contributed by atoms with E-state index in [0.717, 1.165) is 12.8 Å². The molecule has 0 aliphatic heterocycles. The van der Waals surface area contributed by atoms with Crippen LogP contribution in [0.15, 0.2) is 0 Å². The van der Waals surface area contributed by atoms with Crippen molar-refractivity contribution in [3.63, 3.8) is 0 Å². The van der Waals surface area contributed by atoms with Crippen molar-refractivity contribution in [1.29, 1.82) is 0 Å². The number of ether oxygens (including phenoxy) is 2. The smallest absolute Gasteiger partial charge is 0.313 e. The Balaban J connectivity index is 6.45. The number of esters is 2.